The largest absolute Gasteiger partial charge is 0.398 e. The van der Waals surface area contributed by atoms with Gasteiger partial charge in [-0.25, -0.2) is 0 Å². The topological polar surface area (TPSA) is 75.0 Å². The van der Waals surface area contributed by atoms with Gasteiger partial charge in [-0.15, -0.1) is 0 Å². The van der Waals surface area contributed by atoms with Gasteiger partial charge in [0.05, 0.1) is 23.8 Å². The number of rotatable bonds is 4. The monoisotopic (exact) mass is 381 g/mol. The van der Waals surface area contributed by atoms with Gasteiger partial charge in [0.2, 0.25) is 0 Å². The third kappa shape index (κ3) is 3.16. The number of nitrogens with two attached hydrogens (primary N) is 1. The number of anilines is 1. The highest BCUT2D eigenvalue weighted by Gasteiger charge is 2.15. The zero-order valence-corrected chi connectivity index (χ0v) is 16.6. The van der Waals surface area contributed by atoms with Crippen molar-refractivity contribution in [2.24, 2.45) is 0 Å². The van der Waals surface area contributed by atoms with Gasteiger partial charge in [0, 0.05) is 28.5 Å². The maximum Gasteiger partial charge on any atom is 0.0991 e. The van der Waals surface area contributed by atoms with Crippen molar-refractivity contribution in [2.45, 2.75) is 26.9 Å². The summed E-state index contributed by atoms with van der Waals surface area (Å²) in [5.41, 5.74) is 14.7. The van der Waals surface area contributed by atoms with E-state index in [0.29, 0.717) is 5.56 Å². The number of hydrogen-bond acceptors (Lipinski definition) is 3. The van der Waals surface area contributed by atoms with Crippen LogP contribution in [0.25, 0.3) is 27.7 Å². The number of aliphatic hydroxyl groups is 1. The van der Waals surface area contributed by atoms with Crippen LogP contribution in [-0.4, -0.2) is 9.67 Å². The molecule has 0 amide bonds. The number of fused-ring (bicyclic) bond motifs is 1. The van der Waals surface area contributed by atoms with Crippen LogP contribution in [-0.2, 0) is 13.0 Å². The molecule has 0 atom stereocenters. The number of hydrogen-bond donors (Lipinski definition) is 2. The first-order chi connectivity index (χ1) is 14.1. The molecule has 29 heavy (non-hydrogen) atoms. The van der Waals surface area contributed by atoms with Crippen LogP contribution in [0.15, 0.2) is 60.8 Å². The van der Waals surface area contributed by atoms with E-state index in [-0.39, 0.29) is 6.61 Å². The summed E-state index contributed by atoms with van der Waals surface area (Å²) in [4.78, 5) is 0. The van der Waals surface area contributed by atoms with Crippen LogP contribution in [0.5, 0.6) is 0 Å². The Morgan fingerprint density at radius 2 is 1.86 bits per heavy atom. The minimum Gasteiger partial charge on any atom is -0.398 e. The SMILES string of the molecule is CCc1ccc(-n2cc(-c3cccc(N)c3C)c3cc(C#N)ccc32)cc1CO. The number of nitrogens with zero attached hydrogens (tertiary/aromatic N) is 2. The van der Waals surface area contributed by atoms with Crippen LogP contribution in [0.2, 0.25) is 0 Å². The lowest BCUT2D eigenvalue weighted by atomic mass is 9.98. The van der Waals surface area contributed by atoms with Crippen molar-refractivity contribution in [3.8, 4) is 22.9 Å². The number of nitriles is 1. The zero-order chi connectivity index (χ0) is 20.5. The third-order valence-corrected chi connectivity index (χ3v) is 5.62. The van der Waals surface area contributed by atoms with Crippen LogP contribution in [0.4, 0.5) is 5.69 Å². The van der Waals surface area contributed by atoms with Gasteiger partial charge in [0.15, 0.2) is 0 Å². The first kappa shape index (κ1) is 18.8. The van der Waals surface area contributed by atoms with E-state index < -0.39 is 0 Å². The molecule has 0 unspecified atom stereocenters. The second kappa shape index (κ2) is 7.46. The number of aryl methyl sites for hydroxylation is 1. The van der Waals surface area contributed by atoms with Crippen molar-refractivity contribution in [1.29, 1.82) is 5.26 Å². The Morgan fingerprint density at radius 3 is 2.59 bits per heavy atom. The molecule has 3 N–H and O–H groups in total. The van der Waals surface area contributed by atoms with Crippen molar-refractivity contribution in [3.63, 3.8) is 0 Å². The summed E-state index contributed by atoms with van der Waals surface area (Å²) in [5, 5.41) is 20.2. The van der Waals surface area contributed by atoms with Crippen LogP contribution < -0.4 is 5.73 Å². The number of aromatic nitrogens is 1. The van der Waals surface area contributed by atoms with E-state index in [2.05, 4.69) is 42.0 Å². The van der Waals surface area contributed by atoms with Crippen molar-refractivity contribution < 1.29 is 5.11 Å². The molecule has 4 nitrogen and oxygen atoms in total. The maximum atomic E-state index is 9.79. The molecule has 0 aliphatic heterocycles. The molecular weight excluding hydrogens is 358 g/mol. The van der Waals surface area contributed by atoms with E-state index in [4.69, 9.17) is 5.73 Å². The predicted octanol–water partition coefficient (Wildman–Crippen LogP) is 5.11. The molecule has 4 rings (SSSR count). The molecule has 1 heterocycles. The van der Waals surface area contributed by atoms with Gasteiger partial charge in [0.1, 0.15) is 0 Å². The molecule has 0 aliphatic carbocycles. The normalized spacial score (nSPS) is 11.0. The van der Waals surface area contributed by atoms with E-state index >= 15 is 0 Å². The standard InChI is InChI=1S/C25H23N3O/c1-3-18-8-9-20(12-19(18)15-29)28-14-23(21-5-4-6-24(27)16(21)2)22-11-17(13-26)7-10-25(22)28/h4-12,14,29H,3,15,27H2,1-2H3. The molecule has 4 aromatic rings. The second-order valence-electron chi connectivity index (χ2n) is 7.24. The summed E-state index contributed by atoms with van der Waals surface area (Å²) >= 11 is 0. The summed E-state index contributed by atoms with van der Waals surface area (Å²) in [6, 6.07) is 20.1. The van der Waals surface area contributed by atoms with Gasteiger partial charge in [0.25, 0.3) is 0 Å². The summed E-state index contributed by atoms with van der Waals surface area (Å²) < 4.78 is 2.12. The van der Waals surface area contributed by atoms with Crippen LogP contribution in [0.1, 0.15) is 29.2 Å². The molecule has 0 saturated heterocycles. The second-order valence-corrected chi connectivity index (χ2v) is 7.24. The highest BCUT2D eigenvalue weighted by atomic mass is 16.3. The highest BCUT2D eigenvalue weighted by molar-refractivity contribution is 5.99. The predicted molar refractivity (Wildman–Crippen MR) is 118 cm³/mol. The van der Waals surface area contributed by atoms with E-state index in [1.54, 1.807) is 0 Å². The van der Waals surface area contributed by atoms with Gasteiger partial charge in [-0.3, -0.25) is 0 Å². The molecule has 0 radical (unpaired) electrons. The van der Waals surface area contributed by atoms with E-state index in [1.807, 2.05) is 43.3 Å². The Kier molecular flexibility index (Phi) is 4.84. The molecule has 0 fully saturated rings. The molecule has 144 valence electrons. The first-order valence-corrected chi connectivity index (χ1v) is 9.71. The number of benzene rings is 3. The first-order valence-electron chi connectivity index (χ1n) is 9.71. The Morgan fingerprint density at radius 1 is 1.03 bits per heavy atom. The van der Waals surface area contributed by atoms with Crippen molar-refractivity contribution in [3.05, 3.63) is 83.0 Å². The lowest BCUT2D eigenvalue weighted by Gasteiger charge is -2.11. The average Bonchev–Trinajstić information content (AvgIpc) is 3.13. The lowest BCUT2D eigenvalue weighted by Crippen LogP contribution is -1.98. The molecule has 0 spiro atoms. The van der Waals surface area contributed by atoms with Gasteiger partial charge in [-0.1, -0.05) is 25.1 Å². The zero-order valence-electron chi connectivity index (χ0n) is 16.6. The minimum absolute atomic E-state index is 0.00990. The maximum absolute atomic E-state index is 9.79. The molecule has 4 heteroatoms. The highest BCUT2D eigenvalue weighted by Crippen LogP contribution is 2.36. The summed E-state index contributed by atoms with van der Waals surface area (Å²) in [6.45, 7) is 4.11. The van der Waals surface area contributed by atoms with E-state index in [1.165, 1.54) is 0 Å². The number of aliphatic hydroxyl groups excluding tert-OH is 1. The smallest absolute Gasteiger partial charge is 0.0991 e. The summed E-state index contributed by atoms with van der Waals surface area (Å²) in [5.74, 6) is 0. The third-order valence-electron chi connectivity index (χ3n) is 5.62. The fourth-order valence-electron chi connectivity index (χ4n) is 3.93. The Labute approximate surface area is 170 Å². The van der Waals surface area contributed by atoms with E-state index in [0.717, 1.165) is 56.5 Å². The fourth-order valence-corrected chi connectivity index (χ4v) is 3.93. The molecule has 0 aliphatic rings. The lowest BCUT2D eigenvalue weighted by molar-refractivity contribution is 0.280. The summed E-state index contributed by atoms with van der Waals surface area (Å²) in [6.07, 6.45) is 2.97. The van der Waals surface area contributed by atoms with Crippen LogP contribution in [0, 0.1) is 18.3 Å². The minimum atomic E-state index is 0.00990. The molecule has 3 aromatic carbocycles. The molecule has 1 aromatic heterocycles. The fraction of sp³-hybridized carbons (Fsp3) is 0.160. The van der Waals surface area contributed by atoms with Gasteiger partial charge in [-0.05, 0) is 72.0 Å². The van der Waals surface area contributed by atoms with Crippen molar-refractivity contribution in [2.75, 3.05) is 5.73 Å². The molecular formula is C25H23N3O. The van der Waals surface area contributed by atoms with Gasteiger partial charge in [-0.2, -0.15) is 5.26 Å². The van der Waals surface area contributed by atoms with Crippen molar-refractivity contribution >= 4 is 16.6 Å². The average molecular weight is 381 g/mol. The molecule has 0 bridgehead atoms. The quantitative estimate of drug-likeness (QED) is 0.482. The Bertz CT molecular complexity index is 1260. The molecule has 0 saturated carbocycles. The Hall–Kier alpha value is -3.55. The summed E-state index contributed by atoms with van der Waals surface area (Å²) in [7, 11) is 0. The van der Waals surface area contributed by atoms with E-state index in [9.17, 15) is 10.4 Å². The van der Waals surface area contributed by atoms with Crippen molar-refractivity contribution in [1.82, 2.24) is 4.57 Å². The van der Waals surface area contributed by atoms with Gasteiger partial charge < -0.3 is 15.4 Å². The Balaban J connectivity index is 2.02. The van der Waals surface area contributed by atoms with Crippen LogP contribution in [0.3, 0.4) is 0 Å². The number of nitrogen functional groups attached to an aromatic ring is 1. The van der Waals surface area contributed by atoms with Crippen LogP contribution >= 0.6 is 0 Å². The van der Waals surface area contributed by atoms with Gasteiger partial charge >= 0.3 is 0 Å².